The summed E-state index contributed by atoms with van der Waals surface area (Å²) in [5.41, 5.74) is 0.954. The molecule has 1 atom stereocenters. The highest BCUT2D eigenvalue weighted by molar-refractivity contribution is 6.74. The summed E-state index contributed by atoms with van der Waals surface area (Å²) in [6.45, 7) is 18.6. The molecule has 0 unspecified atom stereocenters. The summed E-state index contributed by atoms with van der Waals surface area (Å²) in [4.78, 5) is 48.1. The Bertz CT molecular complexity index is 1310. The third-order valence-electron chi connectivity index (χ3n) is 8.75. The number of nitrogens with zero attached hydrogens (tertiary/aromatic N) is 4. The number of rotatable bonds is 7. The minimum atomic E-state index is -1.99. The summed E-state index contributed by atoms with van der Waals surface area (Å²) in [5.74, 6) is 0.520. The van der Waals surface area contributed by atoms with Gasteiger partial charge in [-0.3, -0.25) is 4.79 Å². The van der Waals surface area contributed by atoms with Gasteiger partial charge in [-0.05, 0) is 60.7 Å². The quantitative estimate of drug-likeness (QED) is 0.367. The van der Waals surface area contributed by atoms with E-state index in [4.69, 9.17) is 16.0 Å². The Morgan fingerprint density at radius 1 is 1.10 bits per heavy atom. The third kappa shape index (κ3) is 7.00. The van der Waals surface area contributed by atoms with Crippen LogP contribution in [0.1, 0.15) is 65.9 Å². The molecular weight excluding hydrogens is 572 g/mol. The number of aromatic nitrogens is 2. The summed E-state index contributed by atoms with van der Waals surface area (Å²) in [7, 11) is -1.99. The maximum atomic E-state index is 13.6. The number of likely N-dealkylation sites (tertiary alicyclic amines) is 1. The van der Waals surface area contributed by atoms with Crippen LogP contribution in [0.2, 0.25) is 23.2 Å². The number of benzene rings is 1. The number of halogens is 1. The van der Waals surface area contributed by atoms with Gasteiger partial charge in [0.25, 0.3) is 0 Å². The van der Waals surface area contributed by atoms with E-state index < -0.39 is 25.8 Å². The van der Waals surface area contributed by atoms with Gasteiger partial charge in [-0.2, -0.15) is 0 Å². The first kappa shape index (κ1) is 32.0. The highest BCUT2D eigenvalue weighted by atomic mass is 35.5. The number of amides is 4. The van der Waals surface area contributed by atoms with E-state index in [1.807, 2.05) is 25.7 Å². The van der Waals surface area contributed by atoms with Gasteiger partial charge in [0, 0.05) is 29.8 Å². The molecule has 0 radical (unpaired) electrons. The van der Waals surface area contributed by atoms with Crippen molar-refractivity contribution in [3.05, 3.63) is 47.0 Å². The number of hydrogen-bond donors (Lipinski definition) is 2. The largest absolute Gasteiger partial charge is 0.409 e. The molecule has 1 saturated heterocycles. The molecule has 4 amide bonds. The first-order chi connectivity index (χ1) is 19.5. The van der Waals surface area contributed by atoms with Gasteiger partial charge >= 0.3 is 12.1 Å². The van der Waals surface area contributed by atoms with E-state index in [9.17, 15) is 14.4 Å². The molecule has 10 nitrogen and oxygen atoms in total. The average molecular weight is 617 g/mol. The molecule has 12 heteroatoms. The lowest BCUT2D eigenvalue weighted by atomic mass is 9.85. The molecular formula is C30H45ClN6O4Si. The second-order valence-corrected chi connectivity index (χ2v) is 19.2. The van der Waals surface area contributed by atoms with Gasteiger partial charge in [0.05, 0.1) is 25.0 Å². The maximum absolute atomic E-state index is 13.6. The van der Waals surface area contributed by atoms with Gasteiger partial charge in [-0.25, -0.2) is 19.1 Å². The number of urea groups is 1. The smallest absolute Gasteiger partial charge is 0.330 e. The second-order valence-electron chi connectivity index (χ2n) is 13.9. The highest BCUT2D eigenvalue weighted by Crippen LogP contribution is 2.37. The zero-order valence-electron chi connectivity index (χ0n) is 26.1. The van der Waals surface area contributed by atoms with Crippen LogP contribution in [-0.4, -0.2) is 70.8 Å². The Balaban J connectivity index is 1.35. The van der Waals surface area contributed by atoms with E-state index in [2.05, 4.69) is 49.5 Å². The maximum Gasteiger partial charge on any atom is 0.330 e. The van der Waals surface area contributed by atoms with E-state index in [1.165, 1.54) is 0 Å². The number of carbonyl (C=O) groups excluding carboxylic acids is 3. The fraction of sp³-hybridized carbons (Fsp3) is 0.600. The number of carbonyl (C=O) groups is 3. The molecule has 1 aromatic carbocycles. The minimum absolute atomic E-state index is 0.0184. The number of nitrogens with one attached hydrogen (secondary N) is 2. The predicted molar refractivity (Wildman–Crippen MR) is 167 cm³/mol. The summed E-state index contributed by atoms with van der Waals surface area (Å²) >= 11 is 5.94. The molecule has 230 valence electrons. The number of fused-ring (bicyclic) bond motifs is 1. The summed E-state index contributed by atoms with van der Waals surface area (Å²) < 4.78 is 8.05. The van der Waals surface area contributed by atoms with E-state index in [0.717, 1.165) is 5.69 Å². The van der Waals surface area contributed by atoms with E-state index in [0.29, 0.717) is 55.6 Å². The predicted octanol–water partition coefficient (Wildman–Crippen LogP) is 6.07. The van der Waals surface area contributed by atoms with E-state index in [-0.39, 0.29) is 23.0 Å². The number of piperidine rings is 1. The van der Waals surface area contributed by atoms with Crippen molar-refractivity contribution in [1.29, 1.82) is 0 Å². The van der Waals surface area contributed by atoms with Crippen molar-refractivity contribution in [3.8, 4) is 0 Å². The molecule has 1 aromatic heterocycles. The molecule has 4 rings (SSSR count). The first-order valence-corrected chi connectivity index (χ1v) is 17.9. The van der Waals surface area contributed by atoms with Crippen molar-refractivity contribution >= 4 is 43.6 Å². The molecule has 2 N–H and O–H groups in total. The fourth-order valence-electron chi connectivity index (χ4n) is 5.05. The zero-order chi connectivity index (χ0) is 31.0. The first-order valence-electron chi connectivity index (χ1n) is 14.6. The van der Waals surface area contributed by atoms with Crippen LogP contribution in [0.3, 0.4) is 0 Å². The fourth-order valence-corrected chi connectivity index (χ4v) is 6.10. The third-order valence-corrected chi connectivity index (χ3v) is 13.5. The molecule has 0 bridgehead atoms. The minimum Gasteiger partial charge on any atom is -0.409 e. The van der Waals surface area contributed by atoms with Gasteiger partial charge in [0.2, 0.25) is 5.91 Å². The van der Waals surface area contributed by atoms with Crippen molar-refractivity contribution in [2.24, 2.45) is 5.41 Å². The molecule has 0 aliphatic carbocycles. The van der Waals surface area contributed by atoms with Crippen LogP contribution in [0, 0.1) is 5.41 Å². The van der Waals surface area contributed by atoms with Crippen LogP contribution in [0.15, 0.2) is 30.5 Å². The standard InChI is InChI=1S/C30H45ClN6O4Si/c1-29(2,3)25(34-27(39)33-21-11-9-20(31)10-12-21)26(38)35-15-13-22(14-16-35)36-18-23-17-32-24(37(23)28(36)40)19-41-42(7,8)30(4,5)6/h9-12,17,22,25H,13-16,18-19H2,1-8H3,(H2,33,34,39)/t25-/m0/s1. The van der Waals surface area contributed by atoms with Gasteiger partial charge < -0.3 is 24.9 Å². The molecule has 42 heavy (non-hydrogen) atoms. The van der Waals surface area contributed by atoms with Gasteiger partial charge in [0.15, 0.2) is 8.32 Å². The summed E-state index contributed by atoms with van der Waals surface area (Å²) in [5, 5.41) is 6.29. The Morgan fingerprint density at radius 3 is 2.29 bits per heavy atom. The van der Waals surface area contributed by atoms with Gasteiger partial charge in [-0.15, -0.1) is 0 Å². The molecule has 1 fully saturated rings. The topological polar surface area (TPSA) is 109 Å². The highest BCUT2D eigenvalue weighted by Gasteiger charge is 2.41. The normalized spacial score (nSPS) is 17.3. The molecule has 2 aliphatic heterocycles. The summed E-state index contributed by atoms with van der Waals surface area (Å²) in [6.07, 6.45) is 3.11. The molecule has 0 spiro atoms. The van der Waals surface area contributed by atoms with Crippen LogP contribution in [0.5, 0.6) is 0 Å². The van der Waals surface area contributed by atoms with Crippen LogP contribution in [0.25, 0.3) is 0 Å². The van der Waals surface area contributed by atoms with Crippen LogP contribution < -0.4 is 10.6 Å². The van der Waals surface area contributed by atoms with Crippen molar-refractivity contribution in [2.75, 3.05) is 18.4 Å². The number of anilines is 1. The van der Waals surface area contributed by atoms with E-state index in [1.54, 1.807) is 39.9 Å². The lowest BCUT2D eigenvalue weighted by molar-refractivity contribution is -0.137. The van der Waals surface area contributed by atoms with E-state index >= 15 is 0 Å². The lowest BCUT2D eigenvalue weighted by Gasteiger charge is -2.40. The zero-order valence-corrected chi connectivity index (χ0v) is 27.8. The van der Waals surface area contributed by atoms with Crippen molar-refractivity contribution < 1.29 is 18.8 Å². The van der Waals surface area contributed by atoms with Crippen LogP contribution >= 0.6 is 11.6 Å². The monoisotopic (exact) mass is 616 g/mol. The van der Waals surface area contributed by atoms with Crippen LogP contribution in [0.4, 0.5) is 15.3 Å². The molecule has 2 aromatic rings. The number of hydrogen-bond acceptors (Lipinski definition) is 5. The SMILES string of the molecule is CC(C)(C)[C@@H](NC(=O)Nc1ccc(Cl)cc1)C(=O)N1CCC(N2Cc3cnc(CO[Si](C)(C)C(C)(C)C)n3C2=O)CC1. The Hall–Kier alpha value is -2.89. The molecule has 2 aliphatic rings. The van der Waals surface area contributed by atoms with Gasteiger partial charge in [0.1, 0.15) is 11.9 Å². The second kappa shape index (κ2) is 12.0. The summed E-state index contributed by atoms with van der Waals surface area (Å²) in [6, 6.07) is 5.57. The Kier molecular flexibility index (Phi) is 9.16. The molecule has 3 heterocycles. The Labute approximate surface area is 255 Å². The molecule has 0 saturated carbocycles. The number of imidazole rings is 1. The van der Waals surface area contributed by atoms with Crippen LogP contribution in [-0.2, 0) is 22.4 Å². The van der Waals surface area contributed by atoms with Crippen molar-refractivity contribution in [2.45, 2.75) is 97.8 Å². The van der Waals surface area contributed by atoms with Crippen molar-refractivity contribution in [1.82, 2.24) is 24.7 Å². The lowest BCUT2D eigenvalue weighted by Crippen LogP contribution is -2.57. The Morgan fingerprint density at radius 2 is 1.71 bits per heavy atom. The van der Waals surface area contributed by atoms with Gasteiger partial charge in [-0.1, -0.05) is 53.1 Å². The van der Waals surface area contributed by atoms with Crippen molar-refractivity contribution in [3.63, 3.8) is 0 Å². The average Bonchev–Trinajstić information content (AvgIpc) is 3.45.